The van der Waals surface area contributed by atoms with Crippen molar-refractivity contribution in [3.05, 3.63) is 72.6 Å². The van der Waals surface area contributed by atoms with Crippen LogP contribution in [0.25, 0.3) is 6.08 Å². The normalized spacial score (nSPS) is 15.0. The van der Waals surface area contributed by atoms with Crippen LogP contribution in [-0.4, -0.2) is 33.4 Å². The number of nitrogens with one attached hydrogen (secondary N) is 1. The van der Waals surface area contributed by atoms with E-state index in [0.29, 0.717) is 27.5 Å². The Labute approximate surface area is 184 Å². The Morgan fingerprint density at radius 3 is 2.53 bits per heavy atom. The summed E-state index contributed by atoms with van der Waals surface area (Å²) in [5.74, 6) is -1.11. The third-order valence-electron chi connectivity index (χ3n) is 4.39. The minimum Gasteiger partial charge on any atom is -0.324 e. The third kappa shape index (κ3) is 4.60. The summed E-state index contributed by atoms with van der Waals surface area (Å²) in [5, 5.41) is 13.2. The molecule has 2 aromatic carbocycles. The van der Waals surface area contributed by atoms with Gasteiger partial charge in [0.05, 0.1) is 14.3 Å². The first kappa shape index (κ1) is 21.7. The van der Waals surface area contributed by atoms with E-state index in [2.05, 4.69) is 21.2 Å². The molecule has 154 valence electrons. The molecule has 3 amide bonds. The molecule has 0 bridgehead atoms. The molecule has 2 aromatic rings. The summed E-state index contributed by atoms with van der Waals surface area (Å²) in [5.41, 5.74) is 2.63. The number of carbonyl (C=O) groups excluding carboxylic acids is 3. The number of benzene rings is 2. The van der Waals surface area contributed by atoms with Crippen LogP contribution in [0.3, 0.4) is 0 Å². The molecule has 0 unspecified atom stereocenters. The van der Waals surface area contributed by atoms with Gasteiger partial charge in [-0.05, 0) is 70.4 Å². The zero-order chi connectivity index (χ0) is 22.0. The lowest BCUT2D eigenvalue weighted by Crippen LogP contribution is -2.36. The molecule has 0 aromatic heterocycles. The molecule has 0 aliphatic carbocycles. The molecule has 10 heteroatoms. The molecular weight excluding hydrogens is 474 g/mol. The summed E-state index contributed by atoms with van der Waals surface area (Å²) >= 11 is 3.78. The number of halogens is 1. The van der Waals surface area contributed by atoms with Crippen molar-refractivity contribution in [3.63, 3.8) is 0 Å². The number of hydrogen-bond acceptors (Lipinski definition) is 6. The summed E-state index contributed by atoms with van der Waals surface area (Å²) in [6.07, 6.45) is 1.40. The van der Waals surface area contributed by atoms with Gasteiger partial charge in [0.15, 0.2) is 0 Å². The number of nitro groups is 1. The van der Waals surface area contributed by atoms with E-state index in [9.17, 15) is 24.5 Å². The summed E-state index contributed by atoms with van der Waals surface area (Å²) in [4.78, 5) is 48.8. The number of nitrogens with zero attached hydrogens (tertiary/aromatic N) is 2. The minimum atomic E-state index is -0.618. The van der Waals surface area contributed by atoms with Gasteiger partial charge in [-0.2, -0.15) is 0 Å². The SMILES string of the molecule is Cc1cccc(C)c1NC(=O)CN1C(=O)S/C(=C\c2ccc(Br)c([N+](=O)[O-])c2)C1=O. The van der Waals surface area contributed by atoms with Crippen LogP contribution in [0.15, 0.2) is 45.8 Å². The molecular formula is C20H16BrN3O5S. The average molecular weight is 490 g/mol. The Morgan fingerprint density at radius 2 is 1.90 bits per heavy atom. The van der Waals surface area contributed by atoms with Crippen LogP contribution in [0.4, 0.5) is 16.2 Å². The molecule has 30 heavy (non-hydrogen) atoms. The van der Waals surface area contributed by atoms with Crippen LogP contribution in [-0.2, 0) is 9.59 Å². The number of thioether (sulfide) groups is 1. The van der Waals surface area contributed by atoms with Crippen molar-refractivity contribution in [3.8, 4) is 0 Å². The summed E-state index contributed by atoms with van der Waals surface area (Å²) in [6, 6.07) is 9.94. The topological polar surface area (TPSA) is 110 Å². The lowest BCUT2D eigenvalue weighted by molar-refractivity contribution is -0.385. The Morgan fingerprint density at radius 1 is 1.23 bits per heavy atom. The van der Waals surface area contributed by atoms with E-state index < -0.39 is 28.5 Å². The van der Waals surface area contributed by atoms with E-state index in [0.717, 1.165) is 16.0 Å². The molecule has 0 spiro atoms. The van der Waals surface area contributed by atoms with Crippen molar-refractivity contribution in [2.24, 2.45) is 0 Å². The predicted octanol–water partition coefficient (Wildman–Crippen LogP) is 4.65. The van der Waals surface area contributed by atoms with Crippen LogP contribution in [0.5, 0.6) is 0 Å². The Kier molecular flexibility index (Phi) is 6.37. The second-order valence-corrected chi connectivity index (χ2v) is 8.40. The van der Waals surface area contributed by atoms with Gasteiger partial charge in [-0.25, -0.2) is 0 Å². The number of nitro benzene ring substituents is 1. The van der Waals surface area contributed by atoms with Crippen molar-refractivity contribution in [1.29, 1.82) is 0 Å². The fourth-order valence-electron chi connectivity index (χ4n) is 2.88. The Hall–Kier alpha value is -2.98. The highest BCUT2D eigenvalue weighted by molar-refractivity contribution is 9.10. The summed E-state index contributed by atoms with van der Waals surface area (Å²) in [6.45, 7) is 3.28. The highest BCUT2D eigenvalue weighted by atomic mass is 79.9. The number of para-hydroxylation sites is 1. The fraction of sp³-hybridized carbons (Fsp3) is 0.150. The number of aryl methyl sites for hydroxylation is 2. The molecule has 1 aliphatic rings. The van der Waals surface area contributed by atoms with Gasteiger partial charge in [0.2, 0.25) is 5.91 Å². The predicted molar refractivity (Wildman–Crippen MR) is 118 cm³/mol. The minimum absolute atomic E-state index is 0.0940. The zero-order valence-electron chi connectivity index (χ0n) is 16.0. The highest BCUT2D eigenvalue weighted by Gasteiger charge is 2.36. The second kappa shape index (κ2) is 8.80. The van der Waals surface area contributed by atoms with Crippen LogP contribution in [0.2, 0.25) is 0 Å². The third-order valence-corrected chi connectivity index (χ3v) is 5.96. The molecule has 1 saturated heterocycles. The van der Waals surface area contributed by atoms with E-state index in [1.54, 1.807) is 6.07 Å². The molecule has 0 atom stereocenters. The van der Waals surface area contributed by atoms with Gasteiger partial charge >= 0.3 is 0 Å². The lowest BCUT2D eigenvalue weighted by atomic mass is 10.1. The zero-order valence-corrected chi connectivity index (χ0v) is 18.4. The summed E-state index contributed by atoms with van der Waals surface area (Å²) in [7, 11) is 0. The first-order chi connectivity index (χ1) is 14.2. The first-order valence-corrected chi connectivity index (χ1v) is 10.3. The molecule has 1 N–H and O–H groups in total. The number of carbonyl (C=O) groups is 3. The average Bonchev–Trinajstić information content (AvgIpc) is 2.93. The molecule has 1 aliphatic heterocycles. The number of amides is 3. The van der Waals surface area contributed by atoms with Crippen LogP contribution in [0, 0.1) is 24.0 Å². The maximum atomic E-state index is 12.6. The van der Waals surface area contributed by atoms with Crippen molar-refractivity contribution in [1.82, 2.24) is 4.90 Å². The highest BCUT2D eigenvalue weighted by Crippen LogP contribution is 2.34. The van der Waals surface area contributed by atoms with Gasteiger partial charge in [0, 0.05) is 11.8 Å². The van der Waals surface area contributed by atoms with Crippen molar-refractivity contribution < 1.29 is 19.3 Å². The van der Waals surface area contributed by atoms with E-state index in [1.807, 2.05) is 32.0 Å². The monoisotopic (exact) mass is 489 g/mol. The maximum absolute atomic E-state index is 12.6. The Bertz CT molecular complexity index is 1100. The van der Waals surface area contributed by atoms with E-state index in [4.69, 9.17) is 0 Å². The van der Waals surface area contributed by atoms with Gasteiger partial charge in [0.1, 0.15) is 6.54 Å². The molecule has 8 nitrogen and oxygen atoms in total. The quantitative estimate of drug-likeness (QED) is 0.371. The second-order valence-electron chi connectivity index (χ2n) is 6.55. The van der Waals surface area contributed by atoms with Gasteiger partial charge in [-0.1, -0.05) is 24.3 Å². The van der Waals surface area contributed by atoms with Crippen molar-refractivity contribution >= 4 is 62.2 Å². The standard InChI is InChI=1S/C20H16BrN3O5S/c1-11-4-3-5-12(2)18(11)22-17(25)10-23-19(26)16(30-20(23)27)9-13-6-7-14(21)15(8-13)24(28)29/h3-9H,10H2,1-2H3,(H,22,25)/b16-9-. The Balaban J connectivity index is 1.76. The maximum Gasteiger partial charge on any atom is 0.294 e. The molecule has 0 radical (unpaired) electrons. The molecule has 1 heterocycles. The largest absolute Gasteiger partial charge is 0.324 e. The number of hydrogen-bond donors (Lipinski definition) is 1. The van der Waals surface area contributed by atoms with E-state index in [1.165, 1.54) is 18.2 Å². The van der Waals surface area contributed by atoms with Crippen LogP contribution >= 0.6 is 27.7 Å². The lowest BCUT2D eigenvalue weighted by Gasteiger charge is -2.15. The van der Waals surface area contributed by atoms with Gasteiger partial charge in [-0.15, -0.1) is 0 Å². The fourth-order valence-corrected chi connectivity index (χ4v) is 4.11. The molecule has 3 rings (SSSR count). The molecule has 1 fully saturated rings. The van der Waals surface area contributed by atoms with Gasteiger partial charge in [-0.3, -0.25) is 29.4 Å². The number of rotatable bonds is 5. The van der Waals surface area contributed by atoms with Crippen LogP contribution in [0.1, 0.15) is 16.7 Å². The van der Waals surface area contributed by atoms with Gasteiger partial charge in [0.25, 0.3) is 16.8 Å². The number of imide groups is 1. The molecule has 0 saturated carbocycles. The number of anilines is 1. The smallest absolute Gasteiger partial charge is 0.294 e. The van der Waals surface area contributed by atoms with E-state index >= 15 is 0 Å². The van der Waals surface area contributed by atoms with Gasteiger partial charge < -0.3 is 5.32 Å². The van der Waals surface area contributed by atoms with Crippen LogP contribution < -0.4 is 5.32 Å². The summed E-state index contributed by atoms with van der Waals surface area (Å²) < 4.78 is 0.306. The van der Waals surface area contributed by atoms with E-state index in [-0.39, 0.29) is 10.6 Å². The van der Waals surface area contributed by atoms with Crippen molar-refractivity contribution in [2.45, 2.75) is 13.8 Å². The van der Waals surface area contributed by atoms with Crippen molar-refractivity contribution in [2.75, 3.05) is 11.9 Å². The first-order valence-electron chi connectivity index (χ1n) is 8.72.